The van der Waals surface area contributed by atoms with E-state index in [0.717, 1.165) is 6.42 Å². The predicted molar refractivity (Wildman–Crippen MR) is 71.4 cm³/mol. The molecule has 0 unspecified atom stereocenters. The molecule has 2 N–H and O–H groups in total. The molecule has 1 aromatic rings. The minimum absolute atomic E-state index is 0.164. The van der Waals surface area contributed by atoms with Crippen molar-refractivity contribution in [2.75, 3.05) is 13.2 Å². The van der Waals surface area contributed by atoms with Crippen molar-refractivity contribution in [1.29, 1.82) is 0 Å². The van der Waals surface area contributed by atoms with E-state index < -0.39 is 24.5 Å². The van der Waals surface area contributed by atoms with Crippen molar-refractivity contribution >= 4 is 29.5 Å². The van der Waals surface area contributed by atoms with E-state index >= 15 is 0 Å². The number of imide groups is 1. The Morgan fingerprint density at radius 2 is 2.10 bits per heavy atom. The van der Waals surface area contributed by atoms with Crippen LogP contribution in [0.1, 0.15) is 23.7 Å². The Labute approximate surface area is 120 Å². The van der Waals surface area contributed by atoms with Crippen molar-refractivity contribution in [3.05, 3.63) is 29.0 Å². The number of ether oxygens (including phenoxy) is 1. The quantitative estimate of drug-likeness (QED) is 0.627. The number of carbonyl (C=O) groups is 3. The van der Waals surface area contributed by atoms with Crippen LogP contribution < -0.4 is 10.6 Å². The number of pyridine rings is 1. The molecule has 20 heavy (non-hydrogen) atoms. The van der Waals surface area contributed by atoms with Gasteiger partial charge in [-0.15, -0.1) is 0 Å². The zero-order chi connectivity index (χ0) is 15.0. The van der Waals surface area contributed by atoms with Crippen molar-refractivity contribution in [3.63, 3.8) is 0 Å². The molecule has 0 aliphatic rings. The van der Waals surface area contributed by atoms with E-state index in [1.165, 1.54) is 18.3 Å². The van der Waals surface area contributed by atoms with Crippen LogP contribution in [0, 0.1) is 0 Å². The molecular formula is C12H14ClN3O4. The Kier molecular flexibility index (Phi) is 6.45. The second-order valence-corrected chi connectivity index (χ2v) is 4.14. The van der Waals surface area contributed by atoms with Crippen molar-refractivity contribution in [2.24, 2.45) is 0 Å². The normalized spacial score (nSPS) is 9.70. The summed E-state index contributed by atoms with van der Waals surface area (Å²) in [7, 11) is 0. The SMILES string of the molecule is CCCNC(=O)NC(=O)COC(=O)c1ccc(Cl)nc1. The fourth-order valence-corrected chi connectivity index (χ4v) is 1.27. The van der Waals surface area contributed by atoms with Crippen molar-refractivity contribution in [2.45, 2.75) is 13.3 Å². The lowest BCUT2D eigenvalue weighted by molar-refractivity contribution is -0.123. The third kappa shape index (κ3) is 5.66. The van der Waals surface area contributed by atoms with Gasteiger partial charge in [-0.25, -0.2) is 14.6 Å². The molecule has 8 heteroatoms. The molecule has 108 valence electrons. The van der Waals surface area contributed by atoms with Crippen LogP contribution in [0.2, 0.25) is 5.15 Å². The third-order valence-corrected chi connectivity index (χ3v) is 2.31. The van der Waals surface area contributed by atoms with Crippen LogP contribution in [0.4, 0.5) is 4.79 Å². The Bertz CT molecular complexity index is 490. The summed E-state index contributed by atoms with van der Waals surface area (Å²) >= 11 is 5.57. The number of nitrogens with one attached hydrogen (secondary N) is 2. The molecule has 0 spiro atoms. The van der Waals surface area contributed by atoms with Crippen molar-refractivity contribution < 1.29 is 19.1 Å². The topological polar surface area (TPSA) is 97.4 Å². The van der Waals surface area contributed by atoms with E-state index in [0.29, 0.717) is 6.54 Å². The molecule has 0 bridgehead atoms. The first-order valence-corrected chi connectivity index (χ1v) is 6.27. The number of hydrogen-bond donors (Lipinski definition) is 2. The maximum Gasteiger partial charge on any atom is 0.340 e. The van der Waals surface area contributed by atoms with Crippen molar-refractivity contribution in [3.8, 4) is 0 Å². The van der Waals surface area contributed by atoms with E-state index in [4.69, 9.17) is 16.3 Å². The molecule has 0 saturated carbocycles. The van der Waals surface area contributed by atoms with Gasteiger partial charge >= 0.3 is 12.0 Å². The van der Waals surface area contributed by atoms with Crippen LogP contribution in [0.3, 0.4) is 0 Å². The fourth-order valence-electron chi connectivity index (χ4n) is 1.16. The molecule has 7 nitrogen and oxygen atoms in total. The van der Waals surface area contributed by atoms with Gasteiger partial charge in [0.1, 0.15) is 5.15 Å². The Balaban J connectivity index is 2.35. The minimum atomic E-state index is -0.724. The summed E-state index contributed by atoms with van der Waals surface area (Å²) in [4.78, 5) is 37.7. The predicted octanol–water partition coefficient (Wildman–Crippen LogP) is 1.13. The van der Waals surface area contributed by atoms with Crippen LogP contribution in [0.25, 0.3) is 0 Å². The first-order chi connectivity index (χ1) is 9.52. The first kappa shape index (κ1) is 15.9. The number of hydrogen-bond acceptors (Lipinski definition) is 5. The van der Waals surface area contributed by atoms with Gasteiger partial charge in [-0.1, -0.05) is 18.5 Å². The van der Waals surface area contributed by atoms with Gasteiger partial charge in [0.2, 0.25) is 0 Å². The van der Waals surface area contributed by atoms with Crippen LogP contribution in [-0.4, -0.2) is 36.0 Å². The lowest BCUT2D eigenvalue weighted by Crippen LogP contribution is -2.41. The van der Waals surface area contributed by atoms with Gasteiger partial charge < -0.3 is 10.1 Å². The standard InChI is InChI=1S/C12H14ClN3O4/c1-2-5-14-12(19)16-10(17)7-20-11(18)8-3-4-9(13)15-6-8/h3-4,6H,2,5,7H2,1H3,(H2,14,16,17,19). The summed E-state index contributed by atoms with van der Waals surface area (Å²) in [6.07, 6.45) is 1.98. The molecule has 0 radical (unpaired) electrons. The molecule has 0 aliphatic carbocycles. The number of esters is 1. The second kappa shape index (κ2) is 8.11. The number of rotatable bonds is 5. The van der Waals surface area contributed by atoms with Gasteiger partial charge in [0.15, 0.2) is 6.61 Å². The molecule has 0 aliphatic heterocycles. The Morgan fingerprint density at radius 1 is 1.35 bits per heavy atom. The summed E-state index contributed by atoms with van der Waals surface area (Å²) in [6.45, 7) is 1.78. The number of halogens is 1. The zero-order valence-electron chi connectivity index (χ0n) is 10.8. The van der Waals surface area contributed by atoms with Crippen LogP contribution in [-0.2, 0) is 9.53 Å². The monoisotopic (exact) mass is 299 g/mol. The third-order valence-electron chi connectivity index (χ3n) is 2.09. The van der Waals surface area contributed by atoms with Crippen LogP contribution >= 0.6 is 11.6 Å². The molecular weight excluding hydrogens is 286 g/mol. The molecule has 1 heterocycles. The Morgan fingerprint density at radius 3 is 2.70 bits per heavy atom. The second-order valence-electron chi connectivity index (χ2n) is 3.75. The summed E-state index contributed by atoms with van der Waals surface area (Å²) in [5.41, 5.74) is 0.164. The average Bonchev–Trinajstić information content (AvgIpc) is 2.43. The average molecular weight is 300 g/mol. The zero-order valence-corrected chi connectivity index (χ0v) is 11.6. The van der Waals surface area contributed by atoms with Gasteiger partial charge in [-0.05, 0) is 18.6 Å². The van der Waals surface area contributed by atoms with Gasteiger partial charge in [-0.3, -0.25) is 10.1 Å². The maximum atomic E-state index is 11.5. The largest absolute Gasteiger partial charge is 0.452 e. The number of urea groups is 1. The Hall–Kier alpha value is -2.15. The van der Waals surface area contributed by atoms with Gasteiger partial charge in [-0.2, -0.15) is 0 Å². The molecule has 3 amide bonds. The van der Waals surface area contributed by atoms with E-state index in [1.807, 2.05) is 12.2 Å². The van der Waals surface area contributed by atoms with Gasteiger partial charge in [0, 0.05) is 12.7 Å². The summed E-state index contributed by atoms with van der Waals surface area (Å²) in [5, 5.41) is 4.72. The van der Waals surface area contributed by atoms with E-state index in [9.17, 15) is 14.4 Å². The maximum absolute atomic E-state index is 11.5. The molecule has 0 atom stereocenters. The van der Waals surface area contributed by atoms with E-state index in [1.54, 1.807) is 0 Å². The molecule has 1 aromatic heterocycles. The van der Waals surface area contributed by atoms with Crippen LogP contribution in [0.15, 0.2) is 18.3 Å². The number of aromatic nitrogens is 1. The molecule has 0 aromatic carbocycles. The highest BCUT2D eigenvalue weighted by molar-refractivity contribution is 6.29. The molecule has 0 saturated heterocycles. The lowest BCUT2D eigenvalue weighted by atomic mass is 10.3. The molecule has 0 fully saturated rings. The molecule has 1 rings (SSSR count). The van der Waals surface area contributed by atoms with E-state index in [-0.39, 0.29) is 10.7 Å². The summed E-state index contributed by atoms with van der Waals surface area (Å²) in [6, 6.07) is 2.22. The summed E-state index contributed by atoms with van der Waals surface area (Å²) < 4.78 is 4.72. The van der Waals surface area contributed by atoms with Crippen molar-refractivity contribution in [1.82, 2.24) is 15.6 Å². The lowest BCUT2D eigenvalue weighted by Gasteiger charge is -2.06. The van der Waals surface area contributed by atoms with Gasteiger partial charge in [0.05, 0.1) is 5.56 Å². The van der Waals surface area contributed by atoms with E-state index in [2.05, 4.69) is 10.3 Å². The van der Waals surface area contributed by atoms with Gasteiger partial charge in [0.25, 0.3) is 5.91 Å². The fraction of sp³-hybridized carbons (Fsp3) is 0.333. The highest BCUT2D eigenvalue weighted by Crippen LogP contribution is 2.06. The smallest absolute Gasteiger partial charge is 0.340 e. The summed E-state index contributed by atoms with van der Waals surface area (Å²) in [5.74, 6) is -1.44. The first-order valence-electron chi connectivity index (χ1n) is 5.89. The number of amides is 3. The van der Waals surface area contributed by atoms with Crippen LogP contribution in [0.5, 0.6) is 0 Å². The highest BCUT2D eigenvalue weighted by atomic mass is 35.5. The minimum Gasteiger partial charge on any atom is -0.452 e. The highest BCUT2D eigenvalue weighted by Gasteiger charge is 2.12. The number of nitrogens with zero attached hydrogens (tertiary/aromatic N) is 1. The number of carbonyl (C=O) groups excluding carboxylic acids is 3.